The minimum Gasteiger partial charge on any atom is -0.507 e. The van der Waals surface area contributed by atoms with Crippen molar-refractivity contribution in [1.82, 2.24) is 4.98 Å². The van der Waals surface area contributed by atoms with Gasteiger partial charge in [-0.15, -0.1) is 0 Å². The van der Waals surface area contributed by atoms with Crippen LogP contribution in [-0.2, 0) is 0 Å². The Labute approximate surface area is 124 Å². The van der Waals surface area contributed by atoms with Crippen molar-refractivity contribution in [1.29, 1.82) is 0 Å². The molecular formula is C18H18N2O. The van der Waals surface area contributed by atoms with E-state index in [4.69, 9.17) is 0 Å². The summed E-state index contributed by atoms with van der Waals surface area (Å²) in [5.41, 5.74) is 2.82. The number of hydrogen-bond donors (Lipinski definition) is 2. The van der Waals surface area contributed by atoms with E-state index < -0.39 is 0 Å². The Hall–Kier alpha value is -2.55. The van der Waals surface area contributed by atoms with Crippen LogP contribution in [0.4, 0.5) is 5.69 Å². The molecule has 0 spiro atoms. The van der Waals surface area contributed by atoms with Crippen LogP contribution in [0.1, 0.15) is 24.2 Å². The van der Waals surface area contributed by atoms with Crippen molar-refractivity contribution in [3.8, 4) is 5.75 Å². The zero-order chi connectivity index (χ0) is 14.8. The molecule has 106 valence electrons. The highest BCUT2D eigenvalue weighted by Crippen LogP contribution is 2.33. The first-order valence-electron chi connectivity index (χ1n) is 7.05. The lowest BCUT2D eigenvalue weighted by Crippen LogP contribution is -2.08. The maximum absolute atomic E-state index is 10.5. The number of rotatable bonds is 3. The molecule has 1 aromatic heterocycles. The van der Waals surface area contributed by atoms with Gasteiger partial charge in [0.1, 0.15) is 5.75 Å². The van der Waals surface area contributed by atoms with Gasteiger partial charge in [-0.3, -0.25) is 4.98 Å². The molecular weight excluding hydrogens is 260 g/mol. The highest BCUT2D eigenvalue weighted by molar-refractivity contribution is 5.89. The quantitative estimate of drug-likeness (QED) is 0.745. The van der Waals surface area contributed by atoms with Crippen LogP contribution in [0, 0.1) is 6.92 Å². The molecule has 1 atom stereocenters. The first-order chi connectivity index (χ1) is 10.2. The maximum atomic E-state index is 10.5. The molecule has 1 heterocycles. The van der Waals surface area contributed by atoms with Crippen molar-refractivity contribution < 1.29 is 5.11 Å². The predicted octanol–water partition coefficient (Wildman–Crippen LogP) is 4.42. The minimum absolute atomic E-state index is 0.00231. The second-order valence-electron chi connectivity index (χ2n) is 5.23. The molecule has 0 saturated carbocycles. The lowest BCUT2D eigenvalue weighted by atomic mass is 10.0. The molecule has 0 bridgehead atoms. The zero-order valence-corrected chi connectivity index (χ0v) is 12.2. The summed E-state index contributed by atoms with van der Waals surface area (Å²) in [4.78, 5) is 4.27. The van der Waals surface area contributed by atoms with Crippen LogP contribution in [0.25, 0.3) is 10.8 Å². The van der Waals surface area contributed by atoms with Crippen LogP contribution in [0.5, 0.6) is 5.75 Å². The number of phenols is 1. The number of fused-ring (bicyclic) bond motifs is 1. The van der Waals surface area contributed by atoms with Crippen molar-refractivity contribution in [2.45, 2.75) is 19.9 Å². The maximum Gasteiger partial charge on any atom is 0.128 e. The molecule has 1 unspecified atom stereocenters. The number of hydrogen-bond acceptors (Lipinski definition) is 3. The van der Waals surface area contributed by atoms with E-state index in [-0.39, 0.29) is 6.04 Å². The van der Waals surface area contributed by atoms with Gasteiger partial charge < -0.3 is 10.4 Å². The van der Waals surface area contributed by atoms with Gasteiger partial charge in [0.05, 0.1) is 17.4 Å². The molecule has 3 nitrogen and oxygen atoms in total. The fourth-order valence-electron chi connectivity index (χ4n) is 2.57. The van der Waals surface area contributed by atoms with Crippen molar-refractivity contribution in [3.63, 3.8) is 0 Å². The van der Waals surface area contributed by atoms with E-state index in [9.17, 15) is 5.11 Å². The number of aryl methyl sites for hydroxylation is 1. The standard InChI is InChI=1S/C18H18N2O/c1-12(20-17-8-5-11-19-13(17)2)15-10-9-14-6-3-4-7-16(14)18(15)21/h3-12,20-21H,1-2H3. The number of pyridine rings is 1. The molecule has 0 aliphatic rings. The van der Waals surface area contributed by atoms with Gasteiger partial charge in [-0.2, -0.15) is 0 Å². The highest BCUT2D eigenvalue weighted by atomic mass is 16.3. The number of nitrogens with zero attached hydrogens (tertiary/aromatic N) is 1. The van der Waals surface area contributed by atoms with E-state index in [0.717, 1.165) is 27.7 Å². The van der Waals surface area contributed by atoms with Gasteiger partial charge in [-0.05, 0) is 31.4 Å². The number of anilines is 1. The van der Waals surface area contributed by atoms with Crippen molar-refractivity contribution in [3.05, 3.63) is 66.0 Å². The third-order valence-corrected chi connectivity index (χ3v) is 3.78. The molecule has 0 amide bonds. The fraction of sp³-hybridized carbons (Fsp3) is 0.167. The summed E-state index contributed by atoms with van der Waals surface area (Å²) < 4.78 is 0. The first-order valence-corrected chi connectivity index (χ1v) is 7.05. The van der Waals surface area contributed by atoms with Gasteiger partial charge in [0.2, 0.25) is 0 Å². The summed E-state index contributed by atoms with van der Waals surface area (Å²) in [5.74, 6) is 0.342. The second-order valence-corrected chi connectivity index (χ2v) is 5.23. The van der Waals surface area contributed by atoms with Crippen LogP contribution in [0.2, 0.25) is 0 Å². The Morgan fingerprint density at radius 3 is 2.67 bits per heavy atom. The molecule has 3 rings (SSSR count). The summed E-state index contributed by atoms with van der Waals surface area (Å²) in [6.45, 7) is 4.01. The molecule has 0 aliphatic carbocycles. The van der Waals surface area contributed by atoms with E-state index >= 15 is 0 Å². The van der Waals surface area contributed by atoms with E-state index in [0.29, 0.717) is 5.75 Å². The van der Waals surface area contributed by atoms with Crippen LogP contribution >= 0.6 is 0 Å². The Bertz CT molecular complexity index is 783. The van der Waals surface area contributed by atoms with E-state index in [1.165, 1.54) is 0 Å². The Morgan fingerprint density at radius 1 is 1.05 bits per heavy atom. The minimum atomic E-state index is -0.00231. The molecule has 0 radical (unpaired) electrons. The molecule has 2 N–H and O–H groups in total. The monoisotopic (exact) mass is 278 g/mol. The molecule has 0 fully saturated rings. The number of benzene rings is 2. The lowest BCUT2D eigenvalue weighted by molar-refractivity contribution is 0.472. The molecule has 0 aliphatic heterocycles. The lowest BCUT2D eigenvalue weighted by Gasteiger charge is -2.19. The average Bonchev–Trinajstić information content (AvgIpc) is 2.50. The van der Waals surface area contributed by atoms with Gasteiger partial charge in [-0.1, -0.05) is 36.4 Å². The summed E-state index contributed by atoms with van der Waals surface area (Å²) >= 11 is 0. The van der Waals surface area contributed by atoms with E-state index in [1.807, 2.05) is 62.4 Å². The van der Waals surface area contributed by atoms with Gasteiger partial charge in [-0.25, -0.2) is 0 Å². The first kappa shape index (κ1) is 13.4. The normalized spacial score (nSPS) is 12.3. The van der Waals surface area contributed by atoms with Gasteiger partial charge in [0.25, 0.3) is 0 Å². The van der Waals surface area contributed by atoms with Crippen molar-refractivity contribution >= 4 is 16.5 Å². The van der Waals surface area contributed by atoms with Crippen molar-refractivity contribution in [2.75, 3.05) is 5.32 Å². The zero-order valence-electron chi connectivity index (χ0n) is 12.2. The highest BCUT2D eigenvalue weighted by Gasteiger charge is 2.13. The van der Waals surface area contributed by atoms with E-state index in [2.05, 4.69) is 10.3 Å². The Balaban J connectivity index is 1.97. The van der Waals surface area contributed by atoms with Gasteiger partial charge in [0, 0.05) is 17.1 Å². The number of nitrogens with one attached hydrogen (secondary N) is 1. The molecule has 2 aromatic carbocycles. The molecule has 0 saturated heterocycles. The summed E-state index contributed by atoms with van der Waals surface area (Å²) in [6.07, 6.45) is 1.78. The average molecular weight is 278 g/mol. The largest absolute Gasteiger partial charge is 0.507 e. The summed E-state index contributed by atoms with van der Waals surface area (Å²) in [7, 11) is 0. The van der Waals surface area contributed by atoms with Crippen LogP contribution in [0.15, 0.2) is 54.7 Å². The number of aromatic hydroxyl groups is 1. The number of phenolic OH excluding ortho intramolecular Hbond substituents is 1. The van der Waals surface area contributed by atoms with Gasteiger partial charge in [0.15, 0.2) is 0 Å². The Morgan fingerprint density at radius 2 is 1.86 bits per heavy atom. The van der Waals surface area contributed by atoms with Gasteiger partial charge >= 0.3 is 0 Å². The van der Waals surface area contributed by atoms with Crippen LogP contribution in [-0.4, -0.2) is 10.1 Å². The van der Waals surface area contributed by atoms with Crippen LogP contribution in [0.3, 0.4) is 0 Å². The molecule has 3 heteroatoms. The fourth-order valence-corrected chi connectivity index (χ4v) is 2.57. The summed E-state index contributed by atoms with van der Waals surface area (Å²) in [6, 6.07) is 15.8. The molecule has 3 aromatic rings. The third kappa shape index (κ3) is 2.55. The molecule has 21 heavy (non-hydrogen) atoms. The van der Waals surface area contributed by atoms with Crippen LogP contribution < -0.4 is 5.32 Å². The number of aromatic nitrogens is 1. The smallest absolute Gasteiger partial charge is 0.128 e. The predicted molar refractivity (Wildman–Crippen MR) is 86.6 cm³/mol. The summed E-state index contributed by atoms with van der Waals surface area (Å²) in [5, 5.41) is 15.8. The third-order valence-electron chi connectivity index (χ3n) is 3.78. The van der Waals surface area contributed by atoms with Crippen molar-refractivity contribution in [2.24, 2.45) is 0 Å². The Kier molecular flexibility index (Phi) is 3.48. The SMILES string of the molecule is Cc1ncccc1NC(C)c1ccc2ccccc2c1O. The second kappa shape index (κ2) is 5.44. The van der Waals surface area contributed by atoms with E-state index in [1.54, 1.807) is 6.20 Å². The topological polar surface area (TPSA) is 45.2 Å².